The number of nitrogens with one attached hydrogen (secondary N) is 3. The molecule has 0 spiro atoms. The third-order valence-electron chi connectivity index (χ3n) is 5.74. The molecule has 0 aliphatic carbocycles. The number of ether oxygens (including phenoxy) is 2. The van der Waals surface area contributed by atoms with E-state index in [2.05, 4.69) is 16.0 Å². The lowest BCUT2D eigenvalue weighted by Gasteiger charge is -2.26. The summed E-state index contributed by atoms with van der Waals surface area (Å²) in [6, 6.07) is 10.0. The van der Waals surface area contributed by atoms with Gasteiger partial charge in [0, 0.05) is 19.4 Å². The fraction of sp³-hybridized carbons (Fsp3) is 0.414. The summed E-state index contributed by atoms with van der Waals surface area (Å²) in [5.74, 6) is -4.71. The molecule has 0 bridgehead atoms. The van der Waals surface area contributed by atoms with Gasteiger partial charge >= 0.3 is 18.0 Å². The van der Waals surface area contributed by atoms with E-state index in [-0.39, 0.29) is 36.3 Å². The van der Waals surface area contributed by atoms with Crippen LogP contribution in [0, 0.1) is 0 Å². The quantitative estimate of drug-likeness (QED) is 0.148. The Morgan fingerprint density at radius 2 is 1.51 bits per heavy atom. The van der Waals surface area contributed by atoms with Crippen molar-refractivity contribution in [1.82, 2.24) is 16.0 Å². The summed E-state index contributed by atoms with van der Waals surface area (Å²) in [4.78, 5) is 62.3. The van der Waals surface area contributed by atoms with Gasteiger partial charge in [-0.2, -0.15) is 0 Å². The highest BCUT2D eigenvalue weighted by atomic mass is 16.6. The molecular weight excluding hydrogens is 566 g/mol. The van der Waals surface area contributed by atoms with Crippen molar-refractivity contribution in [1.29, 1.82) is 0 Å². The van der Waals surface area contributed by atoms with Crippen molar-refractivity contribution in [3.63, 3.8) is 0 Å². The van der Waals surface area contributed by atoms with Gasteiger partial charge in [0.1, 0.15) is 29.0 Å². The van der Waals surface area contributed by atoms with E-state index in [0.29, 0.717) is 5.56 Å². The maximum Gasteiger partial charge on any atom is 0.408 e. The number of carbonyl (C=O) groups is 5. The highest BCUT2D eigenvalue weighted by Crippen LogP contribution is 2.26. The molecule has 14 nitrogen and oxygen atoms in total. The first-order valence-electron chi connectivity index (χ1n) is 13.3. The first kappa shape index (κ1) is 34.5. The number of hydrogen-bond donors (Lipinski definition) is 7. The molecule has 7 N–H and O–H groups in total. The number of amides is 3. The number of carboxylic acids is 2. The van der Waals surface area contributed by atoms with Crippen LogP contribution < -0.4 is 20.7 Å². The molecule has 0 heterocycles. The third-order valence-corrected chi connectivity index (χ3v) is 5.74. The topological polar surface area (TPSA) is 221 Å². The standard InChI is InChI=1S/C29H37N3O11/c1-29(2,3)43-28(41)32-21(12-17-8-5-4-6-9-17)26(38)31-22(25(37)30-14-19(34)15-33)13-18-10-7-11-20(27(39)40)24(18)42-16-23(35)36/h4-11,19,21-22,33-34H,12-16H2,1-3H3,(H,30,37)(H,31,38)(H,32,41)(H,35,36)(H,39,40)/t19-,21-,22-/m0/s1. The van der Waals surface area contributed by atoms with Gasteiger partial charge in [0.05, 0.1) is 12.7 Å². The van der Waals surface area contributed by atoms with Crippen LogP contribution in [0.2, 0.25) is 0 Å². The van der Waals surface area contributed by atoms with Gasteiger partial charge in [0.2, 0.25) is 11.8 Å². The molecule has 2 aromatic rings. The minimum atomic E-state index is -1.42. The Balaban J connectivity index is 2.44. The van der Waals surface area contributed by atoms with Crippen molar-refractivity contribution >= 4 is 29.8 Å². The summed E-state index contributed by atoms with van der Waals surface area (Å²) < 4.78 is 10.5. The summed E-state index contributed by atoms with van der Waals surface area (Å²) in [6.07, 6.45) is -2.53. The van der Waals surface area contributed by atoms with Gasteiger partial charge in [-0.25, -0.2) is 14.4 Å². The van der Waals surface area contributed by atoms with Crippen LogP contribution in [0.3, 0.4) is 0 Å². The van der Waals surface area contributed by atoms with Gasteiger partial charge < -0.3 is 45.9 Å². The van der Waals surface area contributed by atoms with Crippen LogP contribution >= 0.6 is 0 Å². The van der Waals surface area contributed by atoms with E-state index in [1.807, 2.05) is 0 Å². The first-order valence-corrected chi connectivity index (χ1v) is 13.3. The third kappa shape index (κ3) is 12.0. The molecule has 3 amide bonds. The van der Waals surface area contributed by atoms with E-state index in [9.17, 15) is 34.2 Å². The Morgan fingerprint density at radius 1 is 0.860 bits per heavy atom. The highest BCUT2D eigenvalue weighted by Gasteiger charge is 2.30. The number of rotatable bonds is 15. The van der Waals surface area contributed by atoms with Crippen LogP contribution in [0.1, 0.15) is 42.3 Å². The number of hydrogen-bond acceptors (Lipinski definition) is 9. The van der Waals surface area contributed by atoms with E-state index in [4.69, 9.17) is 19.7 Å². The van der Waals surface area contributed by atoms with Gasteiger partial charge in [-0.3, -0.25) is 9.59 Å². The molecule has 0 radical (unpaired) electrons. The van der Waals surface area contributed by atoms with E-state index in [0.717, 1.165) is 0 Å². The van der Waals surface area contributed by atoms with Crippen molar-refractivity contribution in [2.75, 3.05) is 19.8 Å². The zero-order chi connectivity index (χ0) is 32.2. The van der Waals surface area contributed by atoms with Gasteiger partial charge in [0.25, 0.3) is 0 Å². The molecule has 0 aromatic heterocycles. The molecular formula is C29H37N3O11. The molecule has 0 unspecified atom stereocenters. The van der Waals surface area contributed by atoms with Gasteiger partial charge in [-0.1, -0.05) is 42.5 Å². The highest BCUT2D eigenvalue weighted by molar-refractivity contribution is 5.93. The molecule has 2 rings (SSSR count). The molecule has 0 saturated heterocycles. The molecule has 234 valence electrons. The van der Waals surface area contributed by atoms with Crippen LogP contribution in [0.15, 0.2) is 48.5 Å². The van der Waals surface area contributed by atoms with Crippen LogP contribution in [0.25, 0.3) is 0 Å². The number of para-hydroxylation sites is 1. The number of aliphatic hydroxyl groups excluding tert-OH is 2. The second-order valence-electron chi connectivity index (χ2n) is 10.5. The Labute approximate surface area is 248 Å². The van der Waals surface area contributed by atoms with Crippen LogP contribution in [-0.2, 0) is 32.0 Å². The lowest BCUT2D eigenvalue weighted by Crippen LogP contribution is -2.56. The van der Waals surface area contributed by atoms with E-state index in [1.165, 1.54) is 18.2 Å². The average Bonchev–Trinajstić information content (AvgIpc) is 2.93. The number of aliphatic carboxylic acids is 1. The largest absolute Gasteiger partial charge is 0.481 e. The second-order valence-corrected chi connectivity index (χ2v) is 10.5. The maximum absolute atomic E-state index is 13.6. The Bertz CT molecular complexity index is 1280. The van der Waals surface area contributed by atoms with Crippen molar-refractivity contribution < 1.29 is 53.9 Å². The second kappa shape index (κ2) is 16.1. The van der Waals surface area contributed by atoms with Crippen LogP contribution in [-0.4, -0.2) is 93.8 Å². The lowest BCUT2D eigenvalue weighted by molar-refractivity contribution is -0.139. The average molecular weight is 604 g/mol. The first-order chi connectivity index (χ1) is 20.2. The summed E-state index contributed by atoms with van der Waals surface area (Å²) >= 11 is 0. The fourth-order valence-corrected chi connectivity index (χ4v) is 3.83. The SMILES string of the molecule is CC(C)(C)OC(=O)N[C@@H](Cc1ccccc1)C(=O)N[C@@H](Cc1cccc(C(=O)O)c1OCC(=O)O)C(=O)NC[C@H](O)CO. The zero-order valence-corrected chi connectivity index (χ0v) is 24.0. The number of aliphatic hydroxyl groups is 2. The smallest absolute Gasteiger partial charge is 0.408 e. The number of carbonyl (C=O) groups excluding carboxylic acids is 3. The van der Waals surface area contributed by atoms with E-state index in [1.54, 1.807) is 51.1 Å². The molecule has 3 atom stereocenters. The normalized spacial score (nSPS) is 13.1. The summed E-state index contributed by atoms with van der Waals surface area (Å²) in [5, 5.41) is 45.0. The Kier molecular flexibility index (Phi) is 12.9. The van der Waals surface area contributed by atoms with Gasteiger partial charge in [-0.15, -0.1) is 0 Å². The number of aromatic carboxylic acids is 1. The lowest BCUT2D eigenvalue weighted by atomic mass is 9.99. The van der Waals surface area contributed by atoms with Crippen molar-refractivity contribution in [3.8, 4) is 5.75 Å². The molecule has 0 saturated carbocycles. The maximum atomic E-state index is 13.6. The molecule has 0 aliphatic rings. The van der Waals surface area contributed by atoms with E-state index >= 15 is 0 Å². The monoisotopic (exact) mass is 603 g/mol. The number of carboxylic acid groups (broad SMARTS) is 2. The van der Waals surface area contributed by atoms with Gasteiger partial charge in [0.15, 0.2) is 6.61 Å². The van der Waals surface area contributed by atoms with Crippen molar-refractivity contribution in [2.45, 2.75) is 57.4 Å². The zero-order valence-electron chi connectivity index (χ0n) is 24.0. The van der Waals surface area contributed by atoms with Gasteiger partial charge in [-0.05, 0) is 38.0 Å². The molecule has 14 heteroatoms. The number of benzene rings is 2. The summed E-state index contributed by atoms with van der Waals surface area (Å²) in [7, 11) is 0. The van der Waals surface area contributed by atoms with Crippen molar-refractivity contribution in [3.05, 3.63) is 65.2 Å². The molecule has 0 fully saturated rings. The Morgan fingerprint density at radius 3 is 2.09 bits per heavy atom. The van der Waals surface area contributed by atoms with E-state index < -0.39 is 66.8 Å². The summed E-state index contributed by atoms with van der Waals surface area (Å²) in [6.45, 7) is 3.05. The minimum Gasteiger partial charge on any atom is -0.481 e. The minimum absolute atomic E-state index is 0.0188. The predicted molar refractivity (Wildman–Crippen MR) is 152 cm³/mol. The number of alkyl carbamates (subject to hydrolysis) is 1. The Hall–Kier alpha value is -4.69. The summed E-state index contributed by atoms with van der Waals surface area (Å²) in [5.41, 5.74) is -0.461. The van der Waals surface area contributed by atoms with Crippen LogP contribution in [0.5, 0.6) is 5.75 Å². The van der Waals surface area contributed by atoms with Crippen molar-refractivity contribution in [2.24, 2.45) is 0 Å². The van der Waals surface area contributed by atoms with Crippen LogP contribution in [0.4, 0.5) is 4.79 Å². The molecule has 43 heavy (non-hydrogen) atoms. The molecule has 2 aromatic carbocycles. The molecule has 0 aliphatic heterocycles. The fourth-order valence-electron chi connectivity index (χ4n) is 3.83. The predicted octanol–water partition coefficient (Wildman–Crippen LogP) is 0.481.